The topological polar surface area (TPSA) is 110 Å². The average molecular weight is 555 g/mol. The number of ether oxygens (including phenoxy) is 2. The van der Waals surface area contributed by atoms with Crippen LogP contribution in [0.3, 0.4) is 0 Å². The van der Waals surface area contributed by atoms with E-state index in [4.69, 9.17) is 9.47 Å². The Morgan fingerprint density at radius 3 is 1.26 bits per heavy atom. The van der Waals surface area contributed by atoms with E-state index in [-0.39, 0.29) is 22.6 Å². The second kappa shape index (κ2) is 10.9. The van der Waals surface area contributed by atoms with Gasteiger partial charge in [-0.25, -0.2) is 9.59 Å². The fourth-order valence-electron chi connectivity index (χ4n) is 4.64. The SMILES string of the molecule is O=C(Oc1ccc(C(=O)c2ccc(OC(=O)c3ccc4ccccc4c3)cc2O)c(O)c1)c1ccc2ccccc2c1. The number of esters is 2. The number of phenols is 2. The van der Waals surface area contributed by atoms with Crippen LogP contribution in [0.15, 0.2) is 121 Å². The molecule has 6 rings (SSSR count). The summed E-state index contributed by atoms with van der Waals surface area (Å²) >= 11 is 0. The van der Waals surface area contributed by atoms with E-state index in [0.717, 1.165) is 33.7 Å². The highest BCUT2D eigenvalue weighted by molar-refractivity contribution is 6.12. The second-order valence-electron chi connectivity index (χ2n) is 9.59. The molecule has 0 saturated carbocycles. The number of rotatable bonds is 6. The summed E-state index contributed by atoms with van der Waals surface area (Å²) in [5.74, 6) is -2.70. The number of hydrogen-bond acceptors (Lipinski definition) is 7. The van der Waals surface area contributed by atoms with E-state index < -0.39 is 29.2 Å². The van der Waals surface area contributed by atoms with Crippen LogP contribution in [0.1, 0.15) is 36.6 Å². The van der Waals surface area contributed by atoms with Gasteiger partial charge in [-0.1, -0.05) is 60.7 Å². The highest BCUT2D eigenvalue weighted by atomic mass is 16.5. The maximum Gasteiger partial charge on any atom is 0.343 e. The van der Waals surface area contributed by atoms with Crippen molar-refractivity contribution in [1.29, 1.82) is 0 Å². The Morgan fingerprint density at radius 2 is 0.857 bits per heavy atom. The molecule has 6 aromatic carbocycles. The first-order chi connectivity index (χ1) is 20.4. The first-order valence-electron chi connectivity index (χ1n) is 13.0. The van der Waals surface area contributed by atoms with Crippen LogP contribution >= 0.6 is 0 Å². The summed E-state index contributed by atoms with van der Waals surface area (Å²) in [5.41, 5.74) is 0.438. The van der Waals surface area contributed by atoms with Gasteiger partial charge in [0.1, 0.15) is 23.0 Å². The molecule has 0 bridgehead atoms. The molecule has 0 radical (unpaired) electrons. The van der Waals surface area contributed by atoms with E-state index in [1.54, 1.807) is 24.3 Å². The minimum atomic E-state index is -0.676. The maximum absolute atomic E-state index is 13.1. The standard InChI is InChI=1S/C35H22O7/c36-31-19-27(41-34(39)25-11-9-21-5-1-3-7-23(21)17-25)13-15-29(31)33(38)30-16-14-28(20-32(30)37)42-35(40)26-12-10-22-6-2-4-8-24(22)18-26/h1-20,36-37H. The smallest absolute Gasteiger partial charge is 0.343 e. The van der Waals surface area contributed by atoms with Gasteiger partial charge < -0.3 is 19.7 Å². The lowest BCUT2D eigenvalue weighted by atomic mass is 10.0. The fourth-order valence-corrected chi connectivity index (χ4v) is 4.64. The molecule has 0 heterocycles. The number of benzene rings is 6. The summed E-state index contributed by atoms with van der Waals surface area (Å²) < 4.78 is 10.8. The fraction of sp³-hybridized carbons (Fsp3) is 0. The zero-order valence-electron chi connectivity index (χ0n) is 22.0. The number of carbonyl (C=O) groups excluding carboxylic acids is 3. The van der Waals surface area contributed by atoms with E-state index >= 15 is 0 Å². The van der Waals surface area contributed by atoms with Crippen LogP contribution in [0.2, 0.25) is 0 Å². The Hall–Kier alpha value is -5.95. The Morgan fingerprint density at radius 1 is 0.452 bits per heavy atom. The highest BCUT2D eigenvalue weighted by Gasteiger charge is 2.20. The molecule has 0 unspecified atom stereocenters. The van der Waals surface area contributed by atoms with Crippen LogP contribution in [0.25, 0.3) is 21.5 Å². The van der Waals surface area contributed by atoms with Crippen molar-refractivity contribution in [2.75, 3.05) is 0 Å². The molecular weight excluding hydrogens is 532 g/mol. The van der Waals surface area contributed by atoms with Gasteiger partial charge in [-0.15, -0.1) is 0 Å². The Balaban J connectivity index is 1.15. The first kappa shape index (κ1) is 26.3. The molecule has 204 valence electrons. The average Bonchev–Trinajstić information content (AvgIpc) is 3.00. The first-order valence-corrected chi connectivity index (χ1v) is 13.0. The number of aromatic hydroxyl groups is 2. The third kappa shape index (κ3) is 5.26. The van der Waals surface area contributed by atoms with Crippen LogP contribution < -0.4 is 9.47 Å². The normalized spacial score (nSPS) is 10.9. The number of fused-ring (bicyclic) bond motifs is 2. The second-order valence-corrected chi connectivity index (χ2v) is 9.59. The Kier molecular flexibility index (Phi) is 6.82. The predicted octanol–water partition coefficient (Wildman–Crippen LogP) is 7.07. The van der Waals surface area contributed by atoms with Gasteiger partial charge in [-0.2, -0.15) is 0 Å². The summed E-state index contributed by atoms with van der Waals surface area (Å²) in [6, 6.07) is 33.2. The van der Waals surface area contributed by atoms with Crippen LogP contribution in [0, 0.1) is 0 Å². The zero-order valence-corrected chi connectivity index (χ0v) is 22.0. The third-order valence-electron chi connectivity index (χ3n) is 6.82. The van der Waals surface area contributed by atoms with Gasteiger partial charge in [-0.3, -0.25) is 4.79 Å². The van der Waals surface area contributed by atoms with Crippen molar-refractivity contribution < 1.29 is 34.1 Å². The van der Waals surface area contributed by atoms with Gasteiger partial charge in [0.25, 0.3) is 0 Å². The Labute approximate surface area is 239 Å². The van der Waals surface area contributed by atoms with E-state index in [0.29, 0.717) is 11.1 Å². The number of ketones is 1. The van der Waals surface area contributed by atoms with E-state index in [1.165, 1.54) is 24.3 Å². The lowest BCUT2D eigenvalue weighted by Gasteiger charge is -2.10. The van der Waals surface area contributed by atoms with Crippen molar-refractivity contribution in [2.45, 2.75) is 0 Å². The number of phenolic OH excluding ortho intramolecular Hbond substituents is 2. The third-order valence-corrected chi connectivity index (χ3v) is 6.82. The van der Waals surface area contributed by atoms with Crippen LogP contribution in [0.5, 0.6) is 23.0 Å². The monoisotopic (exact) mass is 554 g/mol. The van der Waals surface area contributed by atoms with Gasteiger partial charge >= 0.3 is 11.9 Å². The van der Waals surface area contributed by atoms with Crippen molar-refractivity contribution >= 4 is 39.3 Å². The van der Waals surface area contributed by atoms with Crippen molar-refractivity contribution in [3.05, 3.63) is 144 Å². The van der Waals surface area contributed by atoms with Crippen molar-refractivity contribution in [3.63, 3.8) is 0 Å². The molecule has 2 N–H and O–H groups in total. The summed E-state index contributed by atoms with van der Waals surface area (Å²) in [6.07, 6.45) is 0. The molecule has 42 heavy (non-hydrogen) atoms. The molecular formula is C35H22O7. The summed E-state index contributed by atoms with van der Waals surface area (Å²) in [6.45, 7) is 0. The molecule has 7 nitrogen and oxygen atoms in total. The lowest BCUT2D eigenvalue weighted by molar-refractivity contribution is 0.0725. The molecule has 0 amide bonds. The molecule has 0 aliphatic heterocycles. The maximum atomic E-state index is 13.1. The van der Waals surface area contributed by atoms with Crippen LogP contribution in [-0.4, -0.2) is 27.9 Å². The van der Waals surface area contributed by atoms with E-state index in [2.05, 4.69) is 0 Å². The number of hydrogen-bond donors (Lipinski definition) is 2. The van der Waals surface area contributed by atoms with Gasteiger partial charge in [-0.05, 0) is 70.1 Å². The molecule has 0 aliphatic rings. The van der Waals surface area contributed by atoms with Crippen molar-refractivity contribution in [3.8, 4) is 23.0 Å². The van der Waals surface area contributed by atoms with E-state index in [1.807, 2.05) is 60.7 Å². The number of carbonyl (C=O) groups is 3. The van der Waals surface area contributed by atoms with Gasteiger partial charge in [0.2, 0.25) is 0 Å². The highest BCUT2D eigenvalue weighted by Crippen LogP contribution is 2.31. The molecule has 0 spiro atoms. The summed E-state index contributed by atoms with van der Waals surface area (Å²) in [7, 11) is 0. The summed E-state index contributed by atoms with van der Waals surface area (Å²) in [5, 5.41) is 24.8. The molecule has 0 aromatic heterocycles. The Bertz CT molecular complexity index is 1880. The van der Waals surface area contributed by atoms with Crippen molar-refractivity contribution in [2.24, 2.45) is 0 Å². The van der Waals surface area contributed by atoms with Crippen molar-refractivity contribution in [1.82, 2.24) is 0 Å². The molecule has 0 fully saturated rings. The molecule has 0 atom stereocenters. The van der Waals surface area contributed by atoms with Crippen LogP contribution in [-0.2, 0) is 0 Å². The van der Waals surface area contributed by atoms with Gasteiger partial charge in [0.15, 0.2) is 5.78 Å². The largest absolute Gasteiger partial charge is 0.507 e. The minimum absolute atomic E-state index is 0.0439. The zero-order chi connectivity index (χ0) is 29.2. The molecule has 0 aliphatic carbocycles. The van der Waals surface area contributed by atoms with E-state index in [9.17, 15) is 24.6 Å². The van der Waals surface area contributed by atoms with Gasteiger partial charge in [0, 0.05) is 12.1 Å². The van der Waals surface area contributed by atoms with Crippen LogP contribution in [0.4, 0.5) is 0 Å². The van der Waals surface area contributed by atoms with Gasteiger partial charge in [0.05, 0.1) is 22.3 Å². The lowest BCUT2D eigenvalue weighted by Crippen LogP contribution is -2.09. The quantitative estimate of drug-likeness (QED) is 0.129. The molecule has 0 saturated heterocycles. The minimum Gasteiger partial charge on any atom is -0.507 e. The summed E-state index contributed by atoms with van der Waals surface area (Å²) in [4.78, 5) is 38.5. The molecule has 6 aromatic rings. The molecule has 7 heteroatoms. The predicted molar refractivity (Wildman–Crippen MR) is 157 cm³/mol.